The molecule has 3 unspecified atom stereocenters. The highest BCUT2D eigenvalue weighted by atomic mass is 19.1. The molecule has 1 nitrogen and oxygen atoms in total. The lowest BCUT2D eigenvalue weighted by atomic mass is 9.96. The Kier molecular flexibility index (Phi) is 3.14. The average molecular weight is 247 g/mol. The number of fused-ring (bicyclic) bond motifs is 1. The standard InChI is InChI=1S/C16H22FN/c1-3-18-16(15-12-5-4-6-13(12)15)11-8-7-10(2)14(17)9-11/h7-9,12-13,15-16,18H,3-6H2,1-2H3. The summed E-state index contributed by atoms with van der Waals surface area (Å²) in [6.07, 6.45) is 4.16. The van der Waals surface area contributed by atoms with Gasteiger partial charge in [-0.3, -0.25) is 0 Å². The highest BCUT2D eigenvalue weighted by Crippen LogP contribution is 2.62. The third-order valence-electron chi connectivity index (χ3n) is 4.84. The molecular formula is C16H22FN. The molecular weight excluding hydrogens is 225 g/mol. The fourth-order valence-corrected chi connectivity index (χ4v) is 3.87. The zero-order chi connectivity index (χ0) is 12.7. The van der Waals surface area contributed by atoms with Crippen molar-refractivity contribution in [1.82, 2.24) is 5.32 Å². The van der Waals surface area contributed by atoms with Crippen LogP contribution in [0.25, 0.3) is 0 Å². The van der Waals surface area contributed by atoms with Crippen LogP contribution >= 0.6 is 0 Å². The van der Waals surface area contributed by atoms with E-state index in [2.05, 4.69) is 18.3 Å². The second kappa shape index (κ2) is 4.65. The lowest BCUT2D eigenvalue weighted by molar-refractivity contribution is 0.424. The minimum Gasteiger partial charge on any atom is -0.310 e. The molecule has 1 aromatic carbocycles. The summed E-state index contributed by atoms with van der Waals surface area (Å²) in [5.41, 5.74) is 1.88. The summed E-state index contributed by atoms with van der Waals surface area (Å²) in [5.74, 6) is 2.49. The van der Waals surface area contributed by atoms with Crippen molar-refractivity contribution in [3.05, 3.63) is 35.1 Å². The van der Waals surface area contributed by atoms with Crippen LogP contribution in [0.2, 0.25) is 0 Å². The Labute approximate surface area is 109 Å². The number of aryl methyl sites for hydroxylation is 1. The number of hydrogen-bond acceptors (Lipinski definition) is 1. The second-order valence-electron chi connectivity index (χ2n) is 5.88. The van der Waals surface area contributed by atoms with Gasteiger partial charge in [-0.15, -0.1) is 0 Å². The van der Waals surface area contributed by atoms with E-state index in [1.54, 1.807) is 6.07 Å². The smallest absolute Gasteiger partial charge is 0.126 e. The van der Waals surface area contributed by atoms with Gasteiger partial charge in [-0.25, -0.2) is 4.39 Å². The molecule has 2 fully saturated rings. The molecule has 2 saturated carbocycles. The second-order valence-corrected chi connectivity index (χ2v) is 5.88. The van der Waals surface area contributed by atoms with Crippen LogP contribution in [0.4, 0.5) is 4.39 Å². The van der Waals surface area contributed by atoms with Gasteiger partial charge < -0.3 is 5.32 Å². The van der Waals surface area contributed by atoms with E-state index in [1.165, 1.54) is 19.3 Å². The highest BCUT2D eigenvalue weighted by molar-refractivity contribution is 5.28. The van der Waals surface area contributed by atoms with Gasteiger partial charge in [-0.1, -0.05) is 25.5 Å². The molecule has 0 saturated heterocycles. The normalized spacial score (nSPS) is 31.2. The minimum atomic E-state index is -0.0683. The fraction of sp³-hybridized carbons (Fsp3) is 0.625. The van der Waals surface area contributed by atoms with Crippen molar-refractivity contribution in [3.8, 4) is 0 Å². The van der Waals surface area contributed by atoms with Crippen LogP contribution < -0.4 is 5.32 Å². The average Bonchev–Trinajstić information content (AvgIpc) is 2.82. The molecule has 2 heteroatoms. The predicted octanol–water partition coefficient (Wildman–Crippen LogP) is 3.83. The number of rotatable bonds is 4. The van der Waals surface area contributed by atoms with E-state index in [9.17, 15) is 4.39 Å². The third kappa shape index (κ3) is 1.97. The Morgan fingerprint density at radius 3 is 2.67 bits per heavy atom. The van der Waals surface area contributed by atoms with E-state index in [4.69, 9.17) is 0 Å². The van der Waals surface area contributed by atoms with Crippen molar-refractivity contribution in [2.75, 3.05) is 6.54 Å². The Bertz CT molecular complexity index is 433. The van der Waals surface area contributed by atoms with Gasteiger partial charge in [0, 0.05) is 6.04 Å². The Balaban J connectivity index is 1.83. The summed E-state index contributed by atoms with van der Waals surface area (Å²) in [6, 6.07) is 6.10. The molecule has 0 aromatic heterocycles. The number of nitrogens with one attached hydrogen (secondary N) is 1. The van der Waals surface area contributed by atoms with E-state index in [0.717, 1.165) is 35.4 Å². The first-order valence-electron chi connectivity index (χ1n) is 7.21. The first-order chi connectivity index (χ1) is 8.72. The number of hydrogen-bond donors (Lipinski definition) is 1. The molecule has 3 atom stereocenters. The lowest BCUT2D eigenvalue weighted by Crippen LogP contribution is -2.24. The molecule has 0 bridgehead atoms. The topological polar surface area (TPSA) is 12.0 Å². The van der Waals surface area contributed by atoms with Gasteiger partial charge in [-0.05, 0) is 61.3 Å². The van der Waals surface area contributed by atoms with Gasteiger partial charge in [0.1, 0.15) is 5.82 Å². The monoisotopic (exact) mass is 247 g/mol. The molecule has 1 N–H and O–H groups in total. The van der Waals surface area contributed by atoms with E-state index in [0.29, 0.717) is 6.04 Å². The maximum Gasteiger partial charge on any atom is 0.126 e. The molecule has 1 aromatic rings. The van der Waals surface area contributed by atoms with E-state index < -0.39 is 0 Å². The van der Waals surface area contributed by atoms with Crippen molar-refractivity contribution in [3.63, 3.8) is 0 Å². The molecule has 18 heavy (non-hydrogen) atoms. The zero-order valence-corrected chi connectivity index (χ0v) is 11.2. The quantitative estimate of drug-likeness (QED) is 0.852. The molecule has 0 heterocycles. The van der Waals surface area contributed by atoms with Gasteiger partial charge in [-0.2, -0.15) is 0 Å². The maximum atomic E-state index is 13.7. The van der Waals surface area contributed by atoms with Crippen LogP contribution in [0.5, 0.6) is 0 Å². The maximum absolute atomic E-state index is 13.7. The number of halogens is 1. The van der Waals surface area contributed by atoms with Crippen LogP contribution in [0.1, 0.15) is 43.4 Å². The lowest BCUT2D eigenvalue weighted by Gasteiger charge is -2.21. The van der Waals surface area contributed by atoms with Gasteiger partial charge in [0.05, 0.1) is 0 Å². The summed E-state index contributed by atoms with van der Waals surface area (Å²) < 4.78 is 13.7. The molecule has 2 aliphatic carbocycles. The summed E-state index contributed by atoms with van der Waals surface area (Å²) >= 11 is 0. The molecule has 2 aliphatic rings. The van der Waals surface area contributed by atoms with Crippen LogP contribution in [0, 0.1) is 30.5 Å². The van der Waals surface area contributed by atoms with Gasteiger partial charge in [0.2, 0.25) is 0 Å². The number of benzene rings is 1. The molecule has 0 spiro atoms. The molecule has 0 aliphatic heterocycles. The summed E-state index contributed by atoms with van der Waals surface area (Å²) in [5, 5.41) is 3.57. The van der Waals surface area contributed by atoms with Crippen LogP contribution in [-0.4, -0.2) is 6.54 Å². The highest BCUT2D eigenvalue weighted by Gasteiger charge is 2.55. The summed E-state index contributed by atoms with van der Waals surface area (Å²) in [4.78, 5) is 0. The van der Waals surface area contributed by atoms with Crippen molar-refractivity contribution in [2.45, 2.75) is 39.2 Å². The summed E-state index contributed by atoms with van der Waals surface area (Å²) in [6.45, 7) is 4.92. The van der Waals surface area contributed by atoms with Gasteiger partial charge in [0.15, 0.2) is 0 Å². The molecule has 0 amide bonds. The zero-order valence-electron chi connectivity index (χ0n) is 11.2. The van der Waals surface area contributed by atoms with Crippen LogP contribution in [0.15, 0.2) is 18.2 Å². The largest absolute Gasteiger partial charge is 0.310 e. The first-order valence-corrected chi connectivity index (χ1v) is 7.21. The third-order valence-corrected chi connectivity index (χ3v) is 4.84. The Hall–Kier alpha value is -0.890. The van der Waals surface area contributed by atoms with E-state index in [1.807, 2.05) is 13.0 Å². The Morgan fingerprint density at radius 2 is 2.06 bits per heavy atom. The first kappa shape index (κ1) is 12.2. The van der Waals surface area contributed by atoms with Crippen molar-refractivity contribution in [1.29, 1.82) is 0 Å². The van der Waals surface area contributed by atoms with Gasteiger partial charge >= 0.3 is 0 Å². The van der Waals surface area contributed by atoms with E-state index >= 15 is 0 Å². The predicted molar refractivity (Wildman–Crippen MR) is 71.9 cm³/mol. The van der Waals surface area contributed by atoms with Crippen molar-refractivity contribution < 1.29 is 4.39 Å². The summed E-state index contributed by atoms with van der Waals surface area (Å²) in [7, 11) is 0. The Morgan fingerprint density at radius 1 is 1.33 bits per heavy atom. The van der Waals surface area contributed by atoms with Crippen molar-refractivity contribution in [2.24, 2.45) is 17.8 Å². The van der Waals surface area contributed by atoms with Crippen LogP contribution in [0.3, 0.4) is 0 Å². The van der Waals surface area contributed by atoms with Gasteiger partial charge in [0.25, 0.3) is 0 Å². The molecule has 0 radical (unpaired) electrons. The fourth-order valence-electron chi connectivity index (χ4n) is 3.87. The molecule has 3 rings (SSSR count). The molecule has 98 valence electrons. The van der Waals surface area contributed by atoms with Crippen molar-refractivity contribution >= 4 is 0 Å². The SMILES string of the molecule is CCNC(c1ccc(C)c(F)c1)C1C2CCCC21. The van der Waals surface area contributed by atoms with Crippen LogP contribution in [-0.2, 0) is 0 Å². The van der Waals surface area contributed by atoms with E-state index in [-0.39, 0.29) is 5.82 Å². The minimum absolute atomic E-state index is 0.0683.